The summed E-state index contributed by atoms with van der Waals surface area (Å²) in [5.74, 6) is 0.0442. The minimum atomic E-state index is 0.0442. The zero-order chi connectivity index (χ0) is 15.4. The highest BCUT2D eigenvalue weighted by atomic mass is 79.9. The molecule has 21 heavy (non-hydrogen) atoms. The van der Waals surface area contributed by atoms with Crippen LogP contribution in [0.3, 0.4) is 0 Å². The Morgan fingerprint density at radius 3 is 2.29 bits per heavy atom. The van der Waals surface area contributed by atoms with E-state index >= 15 is 0 Å². The van der Waals surface area contributed by atoms with Gasteiger partial charge in [-0.05, 0) is 43.2 Å². The summed E-state index contributed by atoms with van der Waals surface area (Å²) >= 11 is 6.86. The molecule has 0 aliphatic rings. The van der Waals surface area contributed by atoms with Crippen LogP contribution in [0.4, 0.5) is 0 Å². The van der Waals surface area contributed by atoms with E-state index in [1.165, 1.54) is 11.1 Å². The first-order valence-electron chi connectivity index (χ1n) is 6.81. The average molecular weight is 411 g/mol. The van der Waals surface area contributed by atoms with Gasteiger partial charge in [-0.15, -0.1) is 0 Å². The summed E-state index contributed by atoms with van der Waals surface area (Å²) in [6.07, 6.45) is 0. The lowest BCUT2D eigenvalue weighted by Crippen LogP contribution is -2.30. The van der Waals surface area contributed by atoms with E-state index in [1.807, 2.05) is 42.2 Å². The van der Waals surface area contributed by atoms with Crippen LogP contribution in [0.15, 0.2) is 51.4 Å². The molecule has 4 heteroatoms. The van der Waals surface area contributed by atoms with Gasteiger partial charge >= 0.3 is 0 Å². The summed E-state index contributed by atoms with van der Waals surface area (Å²) in [6.45, 7) is 5.38. The van der Waals surface area contributed by atoms with Gasteiger partial charge < -0.3 is 4.90 Å². The highest BCUT2D eigenvalue weighted by molar-refractivity contribution is 9.11. The molecular formula is C17H17Br2NO. The lowest BCUT2D eigenvalue weighted by atomic mass is 10.1. The van der Waals surface area contributed by atoms with E-state index in [0.717, 1.165) is 8.95 Å². The molecule has 110 valence electrons. The van der Waals surface area contributed by atoms with E-state index in [2.05, 4.69) is 50.9 Å². The number of carbonyl (C=O) groups excluding carboxylic acids is 1. The van der Waals surface area contributed by atoms with Crippen molar-refractivity contribution in [1.29, 1.82) is 0 Å². The lowest BCUT2D eigenvalue weighted by Gasteiger charge is -2.22. The lowest BCUT2D eigenvalue weighted by molar-refractivity contribution is 0.0752. The summed E-state index contributed by atoms with van der Waals surface area (Å²) in [4.78, 5) is 14.5. The Morgan fingerprint density at radius 1 is 1.10 bits per heavy atom. The normalized spacial score (nSPS) is 10.5. The number of carbonyl (C=O) groups is 1. The van der Waals surface area contributed by atoms with Crippen molar-refractivity contribution < 1.29 is 4.79 Å². The number of aryl methyl sites for hydroxylation is 1. The van der Waals surface area contributed by atoms with Crippen molar-refractivity contribution in [2.45, 2.75) is 20.4 Å². The van der Waals surface area contributed by atoms with Crippen molar-refractivity contribution in [2.75, 3.05) is 6.54 Å². The van der Waals surface area contributed by atoms with Crippen molar-refractivity contribution in [3.05, 3.63) is 68.1 Å². The first kappa shape index (κ1) is 16.2. The summed E-state index contributed by atoms with van der Waals surface area (Å²) in [5, 5.41) is 0. The van der Waals surface area contributed by atoms with Crippen LogP contribution in [0.5, 0.6) is 0 Å². The van der Waals surface area contributed by atoms with Crippen LogP contribution in [0.2, 0.25) is 0 Å². The van der Waals surface area contributed by atoms with Crippen molar-refractivity contribution in [1.82, 2.24) is 4.90 Å². The molecule has 0 unspecified atom stereocenters. The van der Waals surface area contributed by atoms with Gasteiger partial charge in [0.1, 0.15) is 0 Å². The molecule has 0 saturated heterocycles. The van der Waals surface area contributed by atoms with Gasteiger partial charge in [0.05, 0.1) is 0 Å². The third kappa shape index (κ3) is 4.17. The van der Waals surface area contributed by atoms with Gasteiger partial charge in [0.2, 0.25) is 0 Å². The minimum absolute atomic E-state index is 0.0442. The average Bonchev–Trinajstić information content (AvgIpc) is 2.44. The Labute approximate surface area is 142 Å². The number of rotatable bonds is 4. The quantitative estimate of drug-likeness (QED) is 0.679. The van der Waals surface area contributed by atoms with E-state index in [4.69, 9.17) is 0 Å². The molecule has 0 heterocycles. The van der Waals surface area contributed by atoms with Gasteiger partial charge in [-0.25, -0.2) is 0 Å². The molecule has 0 aliphatic carbocycles. The minimum Gasteiger partial charge on any atom is -0.335 e. The van der Waals surface area contributed by atoms with Gasteiger partial charge in [-0.1, -0.05) is 56.1 Å². The van der Waals surface area contributed by atoms with Gasteiger partial charge in [0.25, 0.3) is 5.91 Å². The molecule has 0 fully saturated rings. The van der Waals surface area contributed by atoms with Crippen LogP contribution in [0.25, 0.3) is 0 Å². The molecular weight excluding hydrogens is 394 g/mol. The Hall–Kier alpha value is -1.13. The third-order valence-electron chi connectivity index (χ3n) is 3.40. The van der Waals surface area contributed by atoms with Gasteiger partial charge in [-0.3, -0.25) is 4.79 Å². The maximum Gasteiger partial charge on any atom is 0.254 e. The monoisotopic (exact) mass is 409 g/mol. The zero-order valence-corrected chi connectivity index (χ0v) is 15.2. The third-order valence-corrected chi connectivity index (χ3v) is 4.32. The number of amides is 1. The van der Waals surface area contributed by atoms with Crippen LogP contribution in [0, 0.1) is 6.92 Å². The molecule has 0 N–H and O–H groups in total. The molecule has 0 radical (unpaired) electrons. The van der Waals surface area contributed by atoms with Crippen LogP contribution in [-0.4, -0.2) is 17.4 Å². The van der Waals surface area contributed by atoms with E-state index < -0.39 is 0 Å². The molecule has 2 aromatic carbocycles. The summed E-state index contributed by atoms with van der Waals surface area (Å²) in [6, 6.07) is 13.8. The number of nitrogens with zero attached hydrogens (tertiary/aromatic N) is 1. The molecule has 0 aliphatic heterocycles. The SMILES string of the molecule is CCN(Cc1ccccc1C)C(=O)c1cc(Br)cc(Br)c1. The van der Waals surface area contributed by atoms with Crippen molar-refractivity contribution in [2.24, 2.45) is 0 Å². The molecule has 0 bridgehead atoms. The molecule has 0 atom stereocenters. The van der Waals surface area contributed by atoms with E-state index in [9.17, 15) is 4.79 Å². The Kier molecular flexibility index (Phi) is 5.59. The molecule has 2 nitrogen and oxygen atoms in total. The zero-order valence-electron chi connectivity index (χ0n) is 12.1. The second-order valence-electron chi connectivity index (χ2n) is 4.90. The van der Waals surface area contributed by atoms with Crippen LogP contribution >= 0.6 is 31.9 Å². The largest absolute Gasteiger partial charge is 0.335 e. The Bertz CT molecular complexity index is 635. The summed E-state index contributed by atoms with van der Waals surface area (Å²) in [5.41, 5.74) is 3.08. The molecule has 0 spiro atoms. The van der Waals surface area contributed by atoms with Crippen molar-refractivity contribution in [3.8, 4) is 0 Å². The fourth-order valence-corrected chi connectivity index (χ4v) is 3.47. The molecule has 1 amide bonds. The second kappa shape index (κ2) is 7.23. The van der Waals surface area contributed by atoms with Crippen LogP contribution in [0.1, 0.15) is 28.4 Å². The van der Waals surface area contributed by atoms with Crippen LogP contribution in [-0.2, 0) is 6.54 Å². The molecule has 2 rings (SSSR count). The predicted molar refractivity (Wildman–Crippen MR) is 93.4 cm³/mol. The fraction of sp³-hybridized carbons (Fsp3) is 0.235. The fourth-order valence-electron chi connectivity index (χ4n) is 2.18. The number of halogens is 2. The van der Waals surface area contributed by atoms with E-state index in [1.54, 1.807) is 0 Å². The topological polar surface area (TPSA) is 20.3 Å². The molecule has 0 aromatic heterocycles. The van der Waals surface area contributed by atoms with E-state index in [0.29, 0.717) is 18.7 Å². The van der Waals surface area contributed by atoms with Crippen LogP contribution < -0.4 is 0 Å². The Morgan fingerprint density at radius 2 is 1.71 bits per heavy atom. The smallest absolute Gasteiger partial charge is 0.254 e. The maximum atomic E-state index is 12.7. The highest BCUT2D eigenvalue weighted by Gasteiger charge is 2.16. The van der Waals surface area contributed by atoms with Gasteiger partial charge in [0.15, 0.2) is 0 Å². The van der Waals surface area contributed by atoms with Crippen molar-refractivity contribution >= 4 is 37.8 Å². The van der Waals surface area contributed by atoms with E-state index in [-0.39, 0.29) is 5.91 Å². The number of hydrogen-bond acceptors (Lipinski definition) is 1. The molecule has 2 aromatic rings. The number of hydrogen-bond donors (Lipinski definition) is 0. The maximum absolute atomic E-state index is 12.7. The van der Waals surface area contributed by atoms with Gasteiger partial charge in [0, 0.05) is 27.6 Å². The standard InChI is InChI=1S/C17H17Br2NO/c1-3-20(11-13-7-5-4-6-12(13)2)17(21)14-8-15(18)10-16(19)9-14/h4-10H,3,11H2,1-2H3. The summed E-state index contributed by atoms with van der Waals surface area (Å²) in [7, 11) is 0. The Balaban J connectivity index is 2.24. The van der Waals surface area contributed by atoms with Gasteiger partial charge in [-0.2, -0.15) is 0 Å². The first-order valence-corrected chi connectivity index (χ1v) is 8.39. The predicted octanol–water partition coefficient (Wildman–Crippen LogP) is 5.18. The second-order valence-corrected chi connectivity index (χ2v) is 6.74. The first-order chi connectivity index (χ1) is 10.0. The number of benzene rings is 2. The highest BCUT2D eigenvalue weighted by Crippen LogP contribution is 2.22. The van der Waals surface area contributed by atoms with Crippen molar-refractivity contribution in [3.63, 3.8) is 0 Å². The summed E-state index contributed by atoms with van der Waals surface area (Å²) < 4.78 is 1.79. The molecule has 0 saturated carbocycles.